The monoisotopic (exact) mass is 279 g/mol. The Kier molecular flexibility index (Phi) is 5.62. The van der Waals surface area contributed by atoms with Gasteiger partial charge in [-0.25, -0.2) is 0 Å². The van der Waals surface area contributed by atoms with E-state index in [0.717, 1.165) is 45.0 Å². The Balaban J connectivity index is 1.83. The van der Waals surface area contributed by atoms with Gasteiger partial charge in [0.1, 0.15) is 6.04 Å². The zero-order chi connectivity index (χ0) is 13.5. The second-order valence-electron chi connectivity index (χ2n) is 4.49. The van der Waals surface area contributed by atoms with Crippen LogP contribution in [0.4, 0.5) is 0 Å². The molecule has 0 radical (unpaired) electrons. The van der Waals surface area contributed by atoms with Gasteiger partial charge in [0.25, 0.3) is 0 Å². The van der Waals surface area contributed by atoms with Crippen molar-refractivity contribution in [1.82, 2.24) is 10.2 Å². The van der Waals surface area contributed by atoms with Crippen LogP contribution < -0.4 is 5.32 Å². The van der Waals surface area contributed by atoms with Crippen LogP contribution >= 0.6 is 11.6 Å². The fourth-order valence-electron chi connectivity index (χ4n) is 2.13. The van der Waals surface area contributed by atoms with E-state index in [0.29, 0.717) is 5.02 Å². The Bertz CT molecular complexity index is 441. The van der Waals surface area contributed by atoms with E-state index in [-0.39, 0.29) is 6.04 Å². The highest BCUT2D eigenvalue weighted by Gasteiger charge is 2.14. The van der Waals surface area contributed by atoms with Crippen molar-refractivity contribution in [3.63, 3.8) is 0 Å². The van der Waals surface area contributed by atoms with Gasteiger partial charge in [-0.15, -0.1) is 0 Å². The lowest BCUT2D eigenvalue weighted by molar-refractivity contribution is 0.0383. The van der Waals surface area contributed by atoms with E-state index in [1.165, 1.54) is 0 Å². The molecule has 1 heterocycles. The maximum atomic E-state index is 9.24. The van der Waals surface area contributed by atoms with Crippen molar-refractivity contribution in [3.05, 3.63) is 34.9 Å². The number of nitrogens with zero attached hydrogens (tertiary/aromatic N) is 2. The number of nitrogens with one attached hydrogen (secondary N) is 1. The molecule has 1 N–H and O–H groups in total. The number of benzene rings is 1. The summed E-state index contributed by atoms with van der Waals surface area (Å²) >= 11 is 6.11. The molecule has 1 aromatic carbocycles. The summed E-state index contributed by atoms with van der Waals surface area (Å²) in [5, 5.41) is 13.1. The number of rotatable bonds is 5. The number of nitriles is 1. The van der Waals surface area contributed by atoms with Gasteiger partial charge in [0.15, 0.2) is 0 Å². The minimum absolute atomic E-state index is 0.352. The second kappa shape index (κ2) is 7.46. The fraction of sp³-hybridized carbons (Fsp3) is 0.500. The van der Waals surface area contributed by atoms with Gasteiger partial charge in [-0.1, -0.05) is 29.8 Å². The fourth-order valence-corrected chi connectivity index (χ4v) is 2.37. The molecule has 0 aliphatic carbocycles. The van der Waals surface area contributed by atoms with Crippen LogP contribution in [0.5, 0.6) is 0 Å². The van der Waals surface area contributed by atoms with Gasteiger partial charge < -0.3 is 4.74 Å². The number of morpholine rings is 1. The first kappa shape index (κ1) is 14.3. The average molecular weight is 280 g/mol. The van der Waals surface area contributed by atoms with Gasteiger partial charge in [0, 0.05) is 36.8 Å². The van der Waals surface area contributed by atoms with Gasteiger partial charge in [0.2, 0.25) is 0 Å². The third-order valence-electron chi connectivity index (χ3n) is 3.23. The van der Waals surface area contributed by atoms with Crippen molar-refractivity contribution in [2.24, 2.45) is 0 Å². The lowest BCUT2D eigenvalue weighted by Gasteiger charge is -2.27. The van der Waals surface area contributed by atoms with Crippen LogP contribution in [-0.4, -0.2) is 44.3 Å². The predicted octanol–water partition coefficient (Wildman–Crippen LogP) is 1.83. The molecule has 1 atom stereocenters. The molecule has 102 valence electrons. The van der Waals surface area contributed by atoms with Crippen molar-refractivity contribution in [2.45, 2.75) is 6.04 Å². The van der Waals surface area contributed by atoms with E-state index < -0.39 is 0 Å². The predicted molar refractivity (Wildman–Crippen MR) is 75.1 cm³/mol. The minimum Gasteiger partial charge on any atom is -0.379 e. The second-order valence-corrected chi connectivity index (χ2v) is 4.90. The van der Waals surface area contributed by atoms with Crippen molar-refractivity contribution in [1.29, 1.82) is 5.26 Å². The largest absolute Gasteiger partial charge is 0.379 e. The maximum absolute atomic E-state index is 9.24. The smallest absolute Gasteiger partial charge is 0.122 e. The van der Waals surface area contributed by atoms with Crippen LogP contribution in [0, 0.1) is 11.3 Å². The Morgan fingerprint density at radius 1 is 1.37 bits per heavy atom. The molecular weight excluding hydrogens is 262 g/mol. The van der Waals surface area contributed by atoms with Gasteiger partial charge in [-0.2, -0.15) is 5.26 Å². The molecule has 1 aliphatic rings. The summed E-state index contributed by atoms with van der Waals surface area (Å²) in [5.41, 5.74) is 0.841. The highest BCUT2D eigenvalue weighted by Crippen LogP contribution is 2.21. The quantitative estimate of drug-likeness (QED) is 0.893. The van der Waals surface area contributed by atoms with Crippen molar-refractivity contribution in [3.8, 4) is 6.07 Å². The van der Waals surface area contributed by atoms with E-state index in [2.05, 4.69) is 16.3 Å². The summed E-state index contributed by atoms with van der Waals surface area (Å²) < 4.78 is 5.30. The lowest BCUT2D eigenvalue weighted by Crippen LogP contribution is -2.40. The topological polar surface area (TPSA) is 48.3 Å². The minimum atomic E-state index is -0.352. The van der Waals surface area contributed by atoms with Gasteiger partial charge in [-0.05, 0) is 6.07 Å². The van der Waals surface area contributed by atoms with Crippen molar-refractivity contribution < 1.29 is 4.74 Å². The molecule has 1 unspecified atom stereocenters. The highest BCUT2D eigenvalue weighted by atomic mass is 35.5. The molecule has 0 aromatic heterocycles. The molecule has 0 saturated carbocycles. The summed E-state index contributed by atoms with van der Waals surface area (Å²) in [6.07, 6.45) is 0. The van der Waals surface area contributed by atoms with E-state index in [1.807, 2.05) is 24.3 Å². The van der Waals surface area contributed by atoms with E-state index in [1.54, 1.807) is 0 Å². The molecule has 19 heavy (non-hydrogen) atoms. The van der Waals surface area contributed by atoms with Gasteiger partial charge >= 0.3 is 0 Å². The first-order valence-electron chi connectivity index (χ1n) is 6.49. The summed E-state index contributed by atoms with van der Waals surface area (Å²) in [6.45, 7) is 5.21. The summed E-state index contributed by atoms with van der Waals surface area (Å²) in [4.78, 5) is 2.33. The third-order valence-corrected chi connectivity index (χ3v) is 3.57. The molecule has 0 spiro atoms. The maximum Gasteiger partial charge on any atom is 0.122 e. The van der Waals surface area contributed by atoms with Crippen molar-refractivity contribution >= 4 is 11.6 Å². The first-order valence-corrected chi connectivity index (χ1v) is 6.86. The molecule has 1 aliphatic heterocycles. The average Bonchev–Trinajstić information content (AvgIpc) is 2.46. The number of hydrogen-bond donors (Lipinski definition) is 1. The standard InChI is InChI=1S/C14H18ClN3O/c15-13-4-2-1-3-12(13)14(11-16)17-5-6-18-7-9-19-10-8-18/h1-4,14,17H,5-10H2. The van der Waals surface area contributed by atoms with Crippen LogP contribution in [-0.2, 0) is 4.74 Å². The SMILES string of the molecule is N#CC(NCCN1CCOCC1)c1ccccc1Cl. The molecule has 1 fully saturated rings. The number of hydrogen-bond acceptors (Lipinski definition) is 4. The van der Waals surface area contributed by atoms with Crippen molar-refractivity contribution in [2.75, 3.05) is 39.4 Å². The summed E-state index contributed by atoms with van der Waals surface area (Å²) in [5.74, 6) is 0. The molecule has 1 saturated heterocycles. The number of halogens is 1. The zero-order valence-corrected chi connectivity index (χ0v) is 11.6. The normalized spacial score (nSPS) is 17.9. The van der Waals surface area contributed by atoms with E-state index in [9.17, 15) is 5.26 Å². The summed E-state index contributed by atoms with van der Waals surface area (Å²) in [6, 6.07) is 9.37. The highest BCUT2D eigenvalue weighted by molar-refractivity contribution is 6.31. The Morgan fingerprint density at radius 3 is 2.79 bits per heavy atom. The van der Waals surface area contributed by atoms with Crippen LogP contribution in [0.3, 0.4) is 0 Å². The Hall–Kier alpha value is -1.12. The van der Waals surface area contributed by atoms with Gasteiger partial charge in [0.05, 0.1) is 19.3 Å². The van der Waals surface area contributed by atoms with E-state index >= 15 is 0 Å². The lowest BCUT2D eigenvalue weighted by atomic mass is 10.1. The molecule has 2 rings (SSSR count). The van der Waals surface area contributed by atoms with Crippen LogP contribution in [0.25, 0.3) is 0 Å². The summed E-state index contributed by atoms with van der Waals surface area (Å²) in [7, 11) is 0. The first-order chi connectivity index (χ1) is 9.31. The molecule has 0 amide bonds. The Morgan fingerprint density at radius 2 is 2.11 bits per heavy atom. The molecule has 1 aromatic rings. The number of ether oxygens (including phenoxy) is 1. The van der Waals surface area contributed by atoms with E-state index in [4.69, 9.17) is 16.3 Å². The zero-order valence-electron chi connectivity index (χ0n) is 10.8. The van der Waals surface area contributed by atoms with Gasteiger partial charge in [-0.3, -0.25) is 10.2 Å². The Labute approximate surface area is 118 Å². The molecular formula is C14H18ClN3O. The molecule has 5 heteroatoms. The van der Waals surface area contributed by atoms with Crippen LogP contribution in [0.2, 0.25) is 5.02 Å². The molecule has 0 bridgehead atoms. The molecule has 4 nitrogen and oxygen atoms in total. The van der Waals surface area contributed by atoms with Crippen LogP contribution in [0.15, 0.2) is 24.3 Å². The van der Waals surface area contributed by atoms with Crippen LogP contribution in [0.1, 0.15) is 11.6 Å². The third kappa shape index (κ3) is 4.19.